The third kappa shape index (κ3) is 4.69. The zero-order valence-electron chi connectivity index (χ0n) is 17.3. The van der Waals surface area contributed by atoms with Crippen molar-refractivity contribution in [1.29, 1.82) is 0 Å². The number of nitrogens with zero attached hydrogens (tertiary/aromatic N) is 1. The molecule has 154 valence electrons. The molecule has 0 aromatic heterocycles. The van der Waals surface area contributed by atoms with E-state index in [2.05, 4.69) is 59.9 Å². The van der Waals surface area contributed by atoms with Gasteiger partial charge in [-0.3, -0.25) is 4.79 Å². The smallest absolute Gasteiger partial charge is 0.285 e. The Morgan fingerprint density at radius 3 is 2.67 bits per heavy atom. The van der Waals surface area contributed by atoms with Crippen LogP contribution < -0.4 is 10.1 Å². The Hall–Kier alpha value is -2.76. The molecular weight excluding hydrogens is 392 g/mol. The molecule has 30 heavy (non-hydrogen) atoms. The predicted molar refractivity (Wildman–Crippen MR) is 123 cm³/mol. The van der Waals surface area contributed by atoms with Gasteiger partial charge in [0.25, 0.3) is 5.24 Å². The zero-order valence-corrected chi connectivity index (χ0v) is 18.1. The Morgan fingerprint density at radius 2 is 1.87 bits per heavy atom. The first kappa shape index (κ1) is 20.5. The highest BCUT2D eigenvalue weighted by molar-refractivity contribution is 8.13. The standard InChI is InChI=1S/C25H26N2O2S/c1-27(2)25(28)30-20-11-6-8-18(16-20)17-26-23-14-15-29-24-21(12-7-13-22(23)24)19-9-4-3-5-10-19/h3-13,16,23,26H,14-15,17H2,1-2H3/t23-/m0/s1. The molecule has 3 aromatic rings. The van der Waals surface area contributed by atoms with Crippen LogP contribution in [0.5, 0.6) is 5.75 Å². The van der Waals surface area contributed by atoms with Crippen molar-refractivity contribution in [2.45, 2.75) is 23.9 Å². The molecule has 0 saturated heterocycles. The third-order valence-electron chi connectivity index (χ3n) is 5.18. The van der Waals surface area contributed by atoms with Gasteiger partial charge in [-0.2, -0.15) is 0 Å². The average molecular weight is 419 g/mol. The summed E-state index contributed by atoms with van der Waals surface area (Å²) in [4.78, 5) is 14.5. The Bertz CT molecular complexity index is 1020. The van der Waals surface area contributed by atoms with E-state index in [4.69, 9.17) is 4.74 Å². The molecule has 0 aliphatic carbocycles. The second-order valence-electron chi connectivity index (χ2n) is 7.57. The molecule has 0 saturated carbocycles. The van der Waals surface area contributed by atoms with Crippen molar-refractivity contribution in [1.82, 2.24) is 10.2 Å². The van der Waals surface area contributed by atoms with Crippen molar-refractivity contribution < 1.29 is 9.53 Å². The number of hydrogen-bond donors (Lipinski definition) is 1. The van der Waals surface area contributed by atoms with Crippen LogP contribution >= 0.6 is 11.8 Å². The summed E-state index contributed by atoms with van der Waals surface area (Å²) in [6.45, 7) is 1.44. The molecule has 4 nitrogen and oxygen atoms in total. The van der Waals surface area contributed by atoms with Crippen LogP contribution in [0.1, 0.15) is 23.6 Å². The van der Waals surface area contributed by atoms with Crippen LogP contribution in [0, 0.1) is 0 Å². The third-order valence-corrected chi connectivity index (χ3v) is 6.21. The molecule has 0 fully saturated rings. The highest BCUT2D eigenvalue weighted by Gasteiger charge is 2.23. The number of hydrogen-bond acceptors (Lipinski definition) is 4. The van der Waals surface area contributed by atoms with E-state index in [9.17, 15) is 4.79 Å². The van der Waals surface area contributed by atoms with Crippen molar-refractivity contribution in [2.75, 3.05) is 20.7 Å². The summed E-state index contributed by atoms with van der Waals surface area (Å²) in [5.74, 6) is 0.980. The van der Waals surface area contributed by atoms with Gasteiger partial charge in [-0.25, -0.2) is 0 Å². The number of amides is 1. The highest BCUT2D eigenvalue weighted by atomic mass is 32.2. The van der Waals surface area contributed by atoms with E-state index in [1.54, 1.807) is 19.0 Å². The Morgan fingerprint density at radius 1 is 1.07 bits per heavy atom. The number of para-hydroxylation sites is 1. The maximum absolute atomic E-state index is 12.0. The van der Waals surface area contributed by atoms with E-state index in [0.717, 1.165) is 29.2 Å². The fourth-order valence-corrected chi connectivity index (χ4v) is 4.37. The number of fused-ring (bicyclic) bond motifs is 1. The molecule has 4 rings (SSSR count). The average Bonchev–Trinajstić information content (AvgIpc) is 2.78. The lowest BCUT2D eigenvalue weighted by Gasteiger charge is -2.28. The Kier molecular flexibility index (Phi) is 6.41. The predicted octanol–water partition coefficient (Wildman–Crippen LogP) is 5.74. The van der Waals surface area contributed by atoms with E-state index in [1.807, 2.05) is 18.2 Å². The molecule has 1 N–H and O–H groups in total. The molecule has 1 heterocycles. The van der Waals surface area contributed by atoms with Crippen LogP contribution in [0.3, 0.4) is 0 Å². The Labute approximate surface area is 182 Å². The van der Waals surface area contributed by atoms with Crippen LogP contribution in [0.25, 0.3) is 11.1 Å². The normalized spacial score (nSPS) is 15.2. The minimum absolute atomic E-state index is 0.0342. The van der Waals surface area contributed by atoms with E-state index < -0.39 is 0 Å². The lowest BCUT2D eigenvalue weighted by atomic mass is 9.94. The largest absolute Gasteiger partial charge is 0.493 e. The van der Waals surface area contributed by atoms with E-state index in [1.165, 1.54) is 28.5 Å². The SMILES string of the molecule is CN(C)C(=O)Sc1cccc(CN[C@H]2CCOc3c(-c4ccccc4)cccc32)c1. The van der Waals surface area contributed by atoms with Gasteiger partial charge in [-0.1, -0.05) is 60.7 Å². The van der Waals surface area contributed by atoms with Crippen LogP contribution in [0.15, 0.2) is 77.7 Å². The van der Waals surface area contributed by atoms with Gasteiger partial charge in [0.2, 0.25) is 0 Å². The van der Waals surface area contributed by atoms with Gasteiger partial charge in [0, 0.05) is 49.1 Å². The summed E-state index contributed by atoms with van der Waals surface area (Å²) in [5, 5.41) is 3.73. The van der Waals surface area contributed by atoms with Crippen LogP contribution in [-0.4, -0.2) is 30.8 Å². The number of thioether (sulfide) groups is 1. The number of carbonyl (C=O) groups is 1. The van der Waals surface area contributed by atoms with E-state index >= 15 is 0 Å². The lowest BCUT2D eigenvalue weighted by molar-refractivity contribution is 0.241. The minimum atomic E-state index is 0.0342. The molecule has 0 unspecified atom stereocenters. The molecule has 1 aliphatic rings. The van der Waals surface area contributed by atoms with E-state index in [-0.39, 0.29) is 11.3 Å². The highest BCUT2D eigenvalue weighted by Crippen LogP contribution is 2.40. The first-order valence-corrected chi connectivity index (χ1v) is 11.0. The molecule has 0 spiro atoms. The summed E-state index contributed by atoms with van der Waals surface area (Å²) in [5.41, 5.74) is 4.68. The van der Waals surface area contributed by atoms with Crippen molar-refractivity contribution in [3.8, 4) is 16.9 Å². The summed E-state index contributed by atoms with van der Waals surface area (Å²) in [7, 11) is 3.54. The lowest BCUT2D eigenvalue weighted by Crippen LogP contribution is -2.27. The number of carbonyl (C=O) groups excluding carboxylic acids is 1. The van der Waals surface area contributed by atoms with Crippen molar-refractivity contribution >= 4 is 17.0 Å². The summed E-state index contributed by atoms with van der Waals surface area (Å²) < 4.78 is 6.09. The molecule has 1 aliphatic heterocycles. The van der Waals surface area contributed by atoms with Crippen molar-refractivity contribution in [3.05, 3.63) is 83.9 Å². The monoisotopic (exact) mass is 418 g/mol. The van der Waals surface area contributed by atoms with Gasteiger partial charge in [-0.05, 0) is 35.0 Å². The van der Waals surface area contributed by atoms with Gasteiger partial charge in [0.1, 0.15) is 5.75 Å². The van der Waals surface area contributed by atoms with Gasteiger partial charge in [-0.15, -0.1) is 0 Å². The fraction of sp³-hybridized carbons (Fsp3) is 0.240. The van der Waals surface area contributed by atoms with Crippen LogP contribution in [-0.2, 0) is 6.54 Å². The molecule has 3 aromatic carbocycles. The van der Waals surface area contributed by atoms with Crippen molar-refractivity contribution in [2.24, 2.45) is 0 Å². The maximum atomic E-state index is 12.0. The molecule has 5 heteroatoms. The van der Waals surface area contributed by atoms with Gasteiger partial charge in [0.05, 0.1) is 6.61 Å². The molecule has 0 radical (unpaired) electrons. The minimum Gasteiger partial charge on any atom is -0.493 e. The maximum Gasteiger partial charge on any atom is 0.285 e. The quantitative estimate of drug-likeness (QED) is 0.537. The fourth-order valence-electron chi connectivity index (χ4n) is 3.63. The van der Waals surface area contributed by atoms with Crippen LogP contribution in [0.2, 0.25) is 0 Å². The number of ether oxygens (including phenoxy) is 1. The second-order valence-corrected chi connectivity index (χ2v) is 8.60. The summed E-state index contributed by atoms with van der Waals surface area (Å²) in [6, 6.07) is 25.2. The molecule has 1 amide bonds. The van der Waals surface area contributed by atoms with Gasteiger partial charge in [0.15, 0.2) is 0 Å². The number of nitrogens with one attached hydrogen (secondary N) is 1. The molecule has 0 bridgehead atoms. The summed E-state index contributed by atoms with van der Waals surface area (Å²) in [6.07, 6.45) is 0.929. The molecule has 1 atom stereocenters. The first-order chi connectivity index (χ1) is 14.6. The summed E-state index contributed by atoms with van der Waals surface area (Å²) >= 11 is 1.25. The first-order valence-electron chi connectivity index (χ1n) is 10.1. The topological polar surface area (TPSA) is 41.6 Å². The van der Waals surface area contributed by atoms with Gasteiger partial charge < -0.3 is 15.0 Å². The van der Waals surface area contributed by atoms with Crippen molar-refractivity contribution in [3.63, 3.8) is 0 Å². The second kappa shape index (κ2) is 9.37. The molecular formula is C25H26N2O2S. The Balaban J connectivity index is 1.50. The van der Waals surface area contributed by atoms with Gasteiger partial charge >= 0.3 is 0 Å². The number of benzene rings is 3. The van der Waals surface area contributed by atoms with E-state index in [0.29, 0.717) is 6.61 Å². The zero-order chi connectivity index (χ0) is 20.9. The number of rotatable bonds is 5. The van der Waals surface area contributed by atoms with Crippen LogP contribution in [0.4, 0.5) is 4.79 Å².